The number of hydrogen-bond donors (Lipinski definition) is 2. The SMILES string of the molecule is CCC(CC(=O)Nc1cnccc1CO)c1ccc(OC)cc1. The predicted molar refractivity (Wildman–Crippen MR) is 89.4 cm³/mol. The Morgan fingerprint density at radius 2 is 2.04 bits per heavy atom. The zero-order chi connectivity index (χ0) is 16.7. The van der Waals surface area contributed by atoms with Gasteiger partial charge in [0.25, 0.3) is 0 Å². The standard InChI is InChI=1S/C18H22N2O3/c1-3-13(14-4-6-16(23-2)7-5-14)10-18(22)20-17-11-19-9-8-15(17)12-21/h4-9,11,13,21H,3,10,12H2,1-2H3,(H,20,22). The molecule has 0 saturated heterocycles. The van der Waals surface area contributed by atoms with Crippen LogP contribution in [0.2, 0.25) is 0 Å². The molecule has 0 aliphatic carbocycles. The lowest BCUT2D eigenvalue weighted by atomic mass is 9.93. The third-order valence-corrected chi connectivity index (χ3v) is 3.87. The zero-order valence-electron chi connectivity index (χ0n) is 13.5. The zero-order valence-corrected chi connectivity index (χ0v) is 13.5. The van der Waals surface area contributed by atoms with Gasteiger partial charge < -0.3 is 15.2 Å². The topological polar surface area (TPSA) is 71.5 Å². The van der Waals surface area contributed by atoms with Crippen LogP contribution >= 0.6 is 0 Å². The van der Waals surface area contributed by atoms with Gasteiger partial charge in [-0.05, 0) is 36.1 Å². The largest absolute Gasteiger partial charge is 0.497 e. The van der Waals surface area contributed by atoms with E-state index in [2.05, 4.69) is 17.2 Å². The number of ether oxygens (including phenoxy) is 1. The van der Waals surface area contributed by atoms with Crippen molar-refractivity contribution < 1.29 is 14.6 Å². The van der Waals surface area contributed by atoms with E-state index < -0.39 is 0 Å². The number of amides is 1. The first-order valence-electron chi connectivity index (χ1n) is 7.65. The fourth-order valence-electron chi connectivity index (χ4n) is 2.47. The number of carbonyl (C=O) groups is 1. The lowest BCUT2D eigenvalue weighted by Crippen LogP contribution is -2.16. The van der Waals surface area contributed by atoms with Crippen LogP contribution in [0.1, 0.15) is 36.8 Å². The summed E-state index contributed by atoms with van der Waals surface area (Å²) in [7, 11) is 1.63. The number of nitrogens with one attached hydrogen (secondary N) is 1. The number of rotatable bonds is 7. The Bertz CT molecular complexity index is 641. The molecule has 0 saturated carbocycles. The summed E-state index contributed by atoms with van der Waals surface area (Å²) in [5, 5.41) is 12.1. The second kappa shape index (κ2) is 8.29. The summed E-state index contributed by atoms with van der Waals surface area (Å²) >= 11 is 0. The summed E-state index contributed by atoms with van der Waals surface area (Å²) in [6.45, 7) is 1.93. The molecule has 1 unspecified atom stereocenters. The van der Waals surface area contributed by atoms with Gasteiger partial charge in [0.1, 0.15) is 5.75 Å². The molecule has 0 radical (unpaired) electrons. The average molecular weight is 314 g/mol. The second-order valence-electron chi connectivity index (χ2n) is 5.32. The van der Waals surface area contributed by atoms with E-state index in [0.717, 1.165) is 17.7 Å². The van der Waals surface area contributed by atoms with Crippen LogP contribution < -0.4 is 10.1 Å². The maximum absolute atomic E-state index is 12.3. The van der Waals surface area contributed by atoms with Crippen molar-refractivity contribution >= 4 is 11.6 Å². The molecular formula is C18H22N2O3. The van der Waals surface area contributed by atoms with Crippen LogP contribution in [0, 0.1) is 0 Å². The van der Waals surface area contributed by atoms with E-state index >= 15 is 0 Å². The molecule has 1 aromatic carbocycles. The molecule has 1 atom stereocenters. The van der Waals surface area contributed by atoms with Gasteiger partial charge in [-0.2, -0.15) is 0 Å². The summed E-state index contributed by atoms with van der Waals surface area (Å²) in [4.78, 5) is 16.3. The monoisotopic (exact) mass is 314 g/mol. The van der Waals surface area contributed by atoms with Crippen molar-refractivity contribution in [2.45, 2.75) is 32.3 Å². The number of pyridine rings is 1. The van der Waals surface area contributed by atoms with Gasteiger partial charge in [-0.25, -0.2) is 0 Å². The number of aromatic nitrogens is 1. The molecule has 2 N–H and O–H groups in total. The quantitative estimate of drug-likeness (QED) is 0.824. The number of hydrogen-bond acceptors (Lipinski definition) is 4. The lowest BCUT2D eigenvalue weighted by molar-refractivity contribution is -0.116. The highest BCUT2D eigenvalue weighted by Gasteiger charge is 2.15. The highest BCUT2D eigenvalue weighted by atomic mass is 16.5. The molecular weight excluding hydrogens is 292 g/mol. The minimum atomic E-state index is -0.131. The minimum absolute atomic E-state index is 0.0876. The molecule has 2 aromatic rings. The van der Waals surface area contributed by atoms with Crippen LogP contribution in [-0.2, 0) is 11.4 Å². The molecule has 1 aromatic heterocycles. The van der Waals surface area contributed by atoms with Crippen LogP contribution in [0.25, 0.3) is 0 Å². The summed E-state index contributed by atoms with van der Waals surface area (Å²) in [6, 6.07) is 9.48. The maximum Gasteiger partial charge on any atom is 0.225 e. The van der Waals surface area contributed by atoms with Gasteiger partial charge in [0.05, 0.1) is 25.6 Å². The Kier molecular flexibility index (Phi) is 6.11. The molecule has 122 valence electrons. The van der Waals surface area contributed by atoms with E-state index in [1.165, 1.54) is 0 Å². The smallest absolute Gasteiger partial charge is 0.225 e. The molecule has 1 amide bonds. The van der Waals surface area contributed by atoms with Gasteiger partial charge >= 0.3 is 0 Å². The van der Waals surface area contributed by atoms with Crippen molar-refractivity contribution in [3.8, 4) is 5.75 Å². The van der Waals surface area contributed by atoms with Crippen molar-refractivity contribution in [1.82, 2.24) is 4.98 Å². The van der Waals surface area contributed by atoms with Crippen LogP contribution in [0.15, 0.2) is 42.7 Å². The van der Waals surface area contributed by atoms with E-state index in [4.69, 9.17) is 4.74 Å². The number of methoxy groups -OCH3 is 1. The van der Waals surface area contributed by atoms with E-state index in [9.17, 15) is 9.90 Å². The molecule has 2 rings (SSSR count). The van der Waals surface area contributed by atoms with Gasteiger partial charge in [0, 0.05) is 18.2 Å². The summed E-state index contributed by atoms with van der Waals surface area (Å²) in [6.07, 6.45) is 4.38. The minimum Gasteiger partial charge on any atom is -0.497 e. The molecule has 5 heteroatoms. The lowest BCUT2D eigenvalue weighted by Gasteiger charge is -2.16. The van der Waals surface area contributed by atoms with Gasteiger partial charge in [0.2, 0.25) is 5.91 Å². The highest BCUT2D eigenvalue weighted by Crippen LogP contribution is 2.26. The number of nitrogens with zero attached hydrogens (tertiary/aromatic N) is 1. The third kappa shape index (κ3) is 4.53. The first-order valence-corrected chi connectivity index (χ1v) is 7.65. The Morgan fingerprint density at radius 3 is 2.65 bits per heavy atom. The fraction of sp³-hybridized carbons (Fsp3) is 0.333. The van der Waals surface area contributed by atoms with Crippen LogP contribution in [-0.4, -0.2) is 23.1 Å². The van der Waals surface area contributed by atoms with Crippen molar-refractivity contribution in [3.63, 3.8) is 0 Å². The van der Waals surface area contributed by atoms with Gasteiger partial charge in [-0.3, -0.25) is 9.78 Å². The first-order chi connectivity index (χ1) is 11.2. The summed E-state index contributed by atoms with van der Waals surface area (Å²) in [5.41, 5.74) is 2.33. The van der Waals surface area contributed by atoms with Gasteiger partial charge in [-0.1, -0.05) is 19.1 Å². The van der Waals surface area contributed by atoms with Crippen molar-refractivity contribution in [1.29, 1.82) is 0 Å². The number of aliphatic hydroxyl groups is 1. The number of carbonyl (C=O) groups excluding carboxylic acids is 1. The van der Waals surface area contributed by atoms with E-state index in [1.54, 1.807) is 25.6 Å². The Labute approximate surface area is 136 Å². The van der Waals surface area contributed by atoms with E-state index in [1.807, 2.05) is 24.3 Å². The third-order valence-electron chi connectivity index (χ3n) is 3.87. The maximum atomic E-state index is 12.3. The second-order valence-corrected chi connectivity index (χ2v) is 5.32. The number of benzene rings is 1. The summed E-state index contributed by atoms with van der Waals surface area (Å²) < 4.78 is 5.16. The van der Waals surface area contributed by atoms with Gasteiger partial charge in [0.15, 0.2) is 0 Å². The van der Waals surface area contributed by atoms with Crippen LogP contribution in [0.5, 0.6) is 5.75 Å². The van der Waals surface area contributed by atoms with Crippen molar-refractivity contribution in [3.05, 3.63) is 53.9 Å². The normalized spacial score (nSPS) is 11.8. The number of aliphatic hydroxyl groups excluding tert-OH is 1. The van der Waals surface area contributed by atoms with Gasteiger partial charge in [-0.15, -0.1) is 0 Å². The van der Waals surface area contributed by atoms with Crippen LogP contribution in [0.4, 0.5) is 5.69 Å². The average Bonchev–Trinajstić information content (AvgIpc) is 2.60. The Balaban J connectivity index is 2.04. The number of anilines is 1. The molecule has 5 nitrogen and oxygen atoms in total. The molecule has 0 aliphatic rings. The van der Waals surface area contributed by atoms with E-state index in [-0.39, 0.29) is 18.4 Å². The molecule has 0 aliphatic heterocycles. The fourth-order valence-corrected chi connectivity index (χ4v) is 2.47. The van der Waals surface area contributed by atoms with Crippen molar-refractivity contribution in [2.75, 3.05) is 12.4 Å². The molecule has 0 spiro atoms. The molecule has 0 bridgehead atoms. The molecule has 23 heavy (non-hydrogen) atoms. The van der Waals surface area contributed by atoms with E-state index in [0.29, 0.717) is 17.7 Å². The Hall–Kier alpha value is -2.40. The molecule has 0 fully saturated rings. The van der Waals surface area contributed by atoms with Crippen LogP contribution in [0.3, 0.4) is 0 Å². The predicted octanol–water partition coefficient (Wildman–Crippen LogP) is 3.10. The summed E-state index contributed by atoms with van der Waals surface area (Å²) in [5.74, 6) is 0.849. The Morgan fingerprint density at radius 1 is 1.30 bits per heavy atom. The van der Waals surface area contributed by atoms with Crippen molar-refractivity contribution in [2.24, 2.45) is 0 Å². The molecule has 1 heterocycles. The first kappa shape index (κ1) is 17.0. The highest BCUT2D eigenvalue weighted by molar-refractivity contribution is 5.91.